The number of nitrogen functional groups attached to an aromatic ring is 1. The van der Waals surface area contributed by atoms with Crippen molar-refractivity contribution in [1.82, 2.24) is 14.5 Å². The van der Waals surface area contributed by atoms with Crippen LogP contribution in [0.25, 0.3) is 0 Å². The van der Waals surface area contributed by atoms with E-state index >= 15 is 0 Å². The van der Waals surface area contributed by atoms with Crippen LogP contribution in [0.2, 0.25) is 0 Å². The molecule has 1 aromatic rings. The number of aryl methyl sites for hydroxylation is 1. The Kier molecular flexibility index (Phi) is 4.71. The minimum atomic E-state index is -3.65. The van der Waals surface area contributed by atoms with E-state index in [4.69, 9.17) is 10.5 Å². The summed E-state index contributed by atoms with van der Waals surface area (Å²) in [7, 11) is -2.01. The predicted molar refractivity (Wildman–Crippen MR) is 68.6 cm³/mol. The van der Waals surface area contributed by atoms with E-state index in [1.165, 1.54) is 4.68 Å². The zero-order valence-corrected chi connectivity index (χ0v) is 11.9. The van der Waals surface area contributed by atoms with Gasteiger partial charge in [-0.3, -0.25) is 4.68 Å². The molecule has 1 aromatic heterocycles. The smallest absolute Gasteiger partial charge is 0.246 e. The summed E-state index contributed by atoms with van der Waals surface area (Å²) in [6.45, 7) is 6.05. The van der Waals surface area contributed by atoms with Crippen LogP contribution in [-0.4, -0.2) is 37.5 Å². The third-order valence-corrected chi connectivity index (χ3v) is 4.17. The van der Waals surface area contributed by atoms with Crippen molar-refractivity contribution in [2.24, 2.45) is 7.05 Å². The van der Waals surface area contributed by atoms with E-state index in [0.29, 0.717) is 12.3 Å². The van der Waals surface area contributed by atoms with Gasteiger partial charge in [0.05, 0.1) is 11.8 Å². The maximum absolute atomic E-state index is 12.1. The third kappa shape index (κ3) is 3.21. The van der Waals surface area contributed by atoms with Crippen LogP contribution in [0.4, 0.5) is 5.82 Å². The summed E-state index contributed by atoms with van der Waals surface area (Å²) in [5.74, 6) is 0.00608. The molecule has 1 heterocycles. The van der Waals surface area contributed by atoms with Crippen molar-refractivity contribution in [3.63, 3.8) is 0 Å². The van der Waals surface area contributed by atoms with E-state index in [0.717, 1.165) is 0 Å². The second-order valence-corrected chi connectivity index (χ2v) is 5.75. The van der Waals surface area contributed by atoms with Gasteiger partial charge in [-0.1, -0.05) is 0 Å². The fourth-order valence-electron chi connectivity index (χ4n) is 1.59. The Morgan fingerprint density at radius 2 is 2.17 bits per heavy atom. The molecule has 0 aliphatic rings. The SMILES string of the molecule is CCOC(C)CNS(=O)(=O)c1c(N)nn(C)c1C. The van der Waals surface area contributed by atoms with Gasteiger partial charge in [0.15, 0.2) is 5.82 Å². The molecule has 8 heteroatoms. The van der Waals surface area contributed by atoms with Gasteiger partial charge < -0.3 is 10.5 Å². The van der Waals surface area contributed by atoms with Crippen LogP contribution < -0.4 is 10.5 Å². The zero-order valence-electron chi connectivity index (χ0n) is 11.1. The first-order valence-corrected chi connectivity index (χ1v) is 7.18. The lowest BCUT2D eigenvalue weighted by atomic mass is 10.4. The van der Waals surface area contributed by atoms with Gasteiger partial charge in [-0.15, -0.1) is 0 Å². The number of aromatic nitrogens is 2. The molecule has 0 aliphatic heterocycles. The van der Waals surface area contributed by atoms with Crippen LogP contribution in [0.3, 0.4) is 0 Å². The number of ether oxygens (including phenoxy) is 1. The Balaban J connectivity index is 2.87. The number of nitrogens with two attached hydrogens (primary N) is 1. The van der Waals surface area contributed by atoms with Crippen molar-refractivity contribution in [2.75, 3.05) is 18.9 Å². The normalized spacial score (nSPS) is 13.8. The summed E-state index contributed by atoms with van der Waals surface area (Å²) < 4.78 is 33.4. The average Bonchev–Trinajstić information content (AvgIpc) is 2.51. The first-order chi connectivity index (χ1) is 8.29. The highest BCUT2D eigenvalue weighted by Gasteiger charge is 2.24. The number of hydrogen-bond acceptors (Lipinski definition) is 5. The molecule has 7 nitrogen and oxygen atoms in total. The highest BCUT2D eigenvalue weighted by atomic mass is 32.2. The van der Waals surface area contributed by atoms with Crippen molar-refractivity contribution < 1.29 is 13.2 Å². The molecular weight excluding hydrogens is 256 g/mol. The maximum atomic E-state index is 12.1. The minimum Gasteiger partial charge on any atom is -0.381 e. The number of sulfonamides is 1. The van der Waals surface area contributed by atoms with E-state index in [2.05, 4.69) is 9.82 Å². The van der Waals surface area contributed by atoms with Gasteiger partial charge in [0, 0.05) is 20.2 Å². The lowest BCUT2D eigenvalue weighted by molar-refractivity contribution is 0.0799. The molecule has 0 bridgehead atoms. The van der Waals surface area contributed by atoms with Gasteiger partial charge in [-0.05, 0) is 20.8 Å². The standard InChI is InChI=1S/C10H20N4O3S/c1-5-17-7(2)6-12-18(15,16)9-8(3)14(4)13-10(9)11/h7,12H,5-6H2,1-4H3,(H2,11,13). The number of rotatable bonds is 6. The highest BCUT2D eigenvalue weighted by molar-refractivity contribution is 7.89. The van der Waals surface area contributed by atoms with E-state index in [-0.39, 0.29) is 23.4 Å². The van der Waals surface area contributed by atoms with Gasteiger partial charge in [0.1, 0.15) is 4.90 Å². The van der Waals surface area contributed by atoms with Crippen molar-refractivity contribution >= 4 is 15.8 Å². The molecule has 0 aromatic carbocycles. The predicted octanol–water partition coefficient (Wildman–Crippen LogP) is 0.0140. The molecule has 1 unspecified atom stereocenters. The summed E-state index contributed by atoms with van der Waals surface area (Å²) in [6.07, 6.45) is -0.192. The monoisotopic (exact) mass is 276 g/mol. The van der Waals surface area contributed by atoms with Gasteiger partial charge >= 0.3 is 0 Å². The van der Waals surface area contributed by atoms with Crippen LogP contribution in [0, 0.1) is 6.92 Å². The molecule has 104 valence electrons. The first-order valence-electron chi connectivity index (χ1n) is 5.70. The van der Waals surface area contributed by atoms with Crippen LogP contribution in [-0.2, 0) is 21.8 Å². The van der Waals surface area contributed by atoms with Crippen LogP contribution in [0.5, 0.6) is 0 Å². The molecule has 0 amide bonds. The average molecular weight is 276 g/mol. The van der Waals surface area contributed by atoms with Crippen molar-refractivity contribution in [3.8, 4) is 0 Å². The number of nitrogens with one attached hydrogen (secondary N) is 1. The molecule has 3 N–H and O–H groups in total. The highest BCUT2D eigenvalue weighted by Crippen LogP contribution is 2.20. The van der Waals surface area contributed by atoms with E-state index in [9.17, 15) is 8.42 Å². The lowest BCUT2D eigenvalue weighted by Gasteiger charge is -2.13. The molecular formula is C10H20N4O3S. The topological polar surface area (TPSA) is 99.2 Å². The second-order valence-electron chi connectivity index (χ2n) is 4.04. The summed E-state index contributed by atoms with van der Waals surface area (Å²) in [6, 6.07) is 0. The van der Waals surface area contributed by atoms with Crippen molar-refractivity contribution in [3.05, 3.63) is 5.69 Å². The molecule has 0 spiro atoms. The van der Waals surface area contributed by atoms with Crippen LogP contribution >= 0.6 is 0 Å². The van der Waals surface area contributed by atoms with Gasteiger partial charge in [0.2, 0.25) is 10.0 Å². The Morgan fingerprint density at radius 3 is 2.61 bits per heavy atom. The quantitative estimate of drug-likeness (QED) is 0.762. The molecule has 0 saturated heterocycles. The number of nitrogens with zero attached hydrogens (tertiary/aromatic N) is 2. The third-order valence-electron chi connectivity index (χ3n) is 2.59. The van der Waals surface area contributed by atoms with E-state index in [1.54, 1.807) is 20.9 Å². The molecule has 1 atom stereocenters. The summed E-state index contributed by atoms with van der Waals surface area (Å²) in [5.41, 5.74) is 6.11. The zero-order chi connectivity index (χ0) is 13.9. The van der Waals surface area contributed by atoms with Gasteiger partial charge in [0.25, 0.3) is 0 Å². The van der Waals surface area contributed by atoms with Crippen molar-refractivity contribution in [1.29, 1.82) is 0 Å². The lowest BCUT2D eigenvalue weighted by Crippen LogP contribution is -2.32. The summed E-state index contributed by atoms with van der Waals surface area (Å²) >= 11 is 0. The fourth-order valence-corrected chi connectivity index (χ4v) is 3.02. The number of anilines is 1. The molecule has 0 radical (unpaired) electrons. The maximum Gasteiger partial charge on any atom is 0.246 e. The van der Waals surface area contributed by atoms with Gasteiger partial charge in [-0.2, -0.15) is 5.10 Å². The minimum absolute atomic E-state index is 0.00608. The molecule has 0 fully saturated rings. The Morgan fingerprint density at radius 1 is 1.56 bits per heavy atom. The molecule has 1 rings (SSSR count). The number of hydrogen-bond donors (Lipinski definition) is 2. The molecule has 18 heavy (non-hydrogen) atoms. The van der Waals surface area contributed by atoms with Crippen molar-refractivity contribution in [2.45, 2.75) is 31.8 Å². The fraction of sp³-hybridized carbons (Fsp3) is 0.700. The largest absolute Gasteiger partial charge is 0.381 e. The molecule has 0 aliphatic carbocycles. The molecule has 0 saturated carbocycles. The Bertz CT molecular complexity index is 509. The van der Waals surface area contributed by atoms with Gasteiger partial charge in [-0.25, -0.2) is 13.1 Å². The van der Waals surface area contributed by atoms with Crippen LogP contribution in [0.1, 0.15) is 19.5 Å². The van der Waals surface area contributed by atoms with E-state index < -0.39 is 10.0 Å². The van der Waals surface area contributed by atoms with Crippen LogP contribution in [0.15, 0.2) is 4.90 Å². The second kappa shape index (κ2) is 5.68. The summed E-state index contributed by atoms with van der Waals surface area (Å²) in [5, 5.41) is 3.88. The Hall–Kier alpha value is -1.12. The summed E-state index contributed by atoms with van der Waals surface area (Å²) in [4.78, 5) is 0.0358. The van der Waals surface area contributed by atoms with E-state index in [1.807, 2.05) is 6.92 Å². The Labute approximate surface area is 107 Å². The first kappa shape index (κ1) is 14.9.